The summed E-state index contributed by atoms with van der Waals surface area (Å²) < 4.78 is 0. The zero-order valence-corrected chi connectivity index (χ0v) is 18.8. The number of amides is 1. The summed E-state index contributed by atoms with van der Waals surface area (Å²) in [5.41, 5.74) is 6.28. The summed E-state index contributed by atoms with van der Waals surface area (Å²) in [5, 5.41) is 4.87. The second kappa shape index (κ2) is 10.2. The molecule has 0 bridgehead atoms. The summed E-state index contributed by atoms with van der Waals surface area (Å²) in [6, 6.07) is 16.2. The topological polar surface area (TPSA) is 47.9 Å². The first-order valence-electron chi connectivity index (χ1n) is 10.4. The molecular weight excluding hydrogens is 396 g/mol. The van der Waals surface area contributed by atoms with Gasteiger partial charge in [-0.15, -0.1) is 0 Å². The van der Waals surface area contributed by atoms with Gasteiger partial charge in [0.15, 0.2) is 0 Å². The van der Waals surface area contributed by atoms with Crippen molar-refractivity contribution in [2.75, 3.05) is 32.7 Å². The Hall–Kier alpha value is -2.21. The van der Waals surface area contributed by atoms with Crippen LogP contribution in [0.4, 0.5) is 0 Å². The van der Waals surface area contributed by atoms with Crippen molar-refractivity contribution < 1.29 is 4.79 Å². The third-order valence-electron chi connectivity index (χ3n) is 5.33. The molecular formula is C24H31ClN4O. The summed E-state index contributed by atoms with van der Waals surface area (Å²) in [6.45, 7) is 11.5. The normalized spacial score (nSPS) is 16.1. The van der Waals surface area contributed by atoms with E-state index in [1.54, 1.807) is 6.21 Å². The Morgan fingerprint density at radius 2 is 1.60 bits per heavy atom. The fourth-order valence-corrected chi connectivity index (χ4v) is 3.57. The van der Waals surface area contributed by atoms with Gasteiger partial charge in [-0.2, -0.15) is 5.10 Å². The van der Waals surface area contributed by atoms with Gasteiger partial charge in [0, 0.05) is 37.7 Å². The standard InChI is InChI=1S/C24H31ClN4O/c1-24(2,3)21-8-4-19(5-9-21)16-26-27-23(30)18-29-14-12-28(13-15-29)17-20-6-10-22(25)11-7-20/h4-11,16H,12-15,17-18H2,1-3H3,(H,27,30). The van der Waals surface area contributed by atoms with Crippen molar-refractivity contribution in [1.82, 2.24) is 15.2 Å². The van der Waals surface area contributed by atoms with E-state index in [1.165, 1.54) is 11.1 Å². The third kappa shape index (κ3) is 6.94. The van der Waals surface area contributed by atoms with Gasteiger partial charge in [-0.05, 0) is 34.2 Å². The average Bonchev–Trinajstić information content (AvgIpc) is 2.71. The summed E-state index contributed by atoms with van der Waals surface area (Å²) in [5.74, 6) is -0.0799. The maximum Gasteiger partial charge on any atom is 0.254 e. The second-order valence-corrected chi connectivity index (χ2v) is 9.28. The maximum absolute atomic E-state index is 12.2. The highest BCUT2D eigenvalue weighted by Crippen LogP contribution is 2.21. The van der Waals surface area contributed by atoms with Gasteiger partial charge < -0.3 is 0 Å². The number of hydrogen-bond donors (Lipinski definition) is 1. The summed E-state index contributed by atoms with van der Waals surface area (Å²) in [6.07, 6.45) is 1.69. The van der Waals surface area contributed by atoms with Crippen molar-refractivity contribution in [2.45, 2.75) is 32.7 Å². The van der Waals surface area contributed by atoms with E-state index in [9.17, 15) is 4.79 Å². The molecule has 0 unspecified atom stereocenters. The van der Waals surface area contributed by atoms with E-state index in [-0.39, 0.29) is 11.3 Å². The van der Waals surface area contributed by atoms with E-state index < -0.39 is 0 Å². The molecule has 30 heavy (non-hydrogen) atoms. The maximum atomic E-state index is 12.2. The highest BCUT2D eigenvalue weighted by atomic mass is 35.5. The van der Waals surface area contributed by atoms with Crippen LogP contribution < -0.4 is 5.43 Å². The number of nitrogens with one attached hydrogen (secondary N) is 1. The molecule has 0 aliphatic carbocycles. The SMILES string of the molecule is CC(C)(C)c1ccc(C=NNC(=O)CN2CCN(Cc3ccc(Cl)cc3)CC2)cc1. The number of halogens is 1. The first-order valence-corrected chi connectivity index (χ1v) is 10.8. The van der Waals surface area contributed by atoms with Crippen molar-refractivity contribution in [2.24, 2.45) is 5.10 Å². The minimum Gasteiger partial charge on any atom is -0.297 e. The van der Waals surface area contributed by atoms with Crippen molar-refractivity contribution >= 4 is 23.7 Å². The number of carbonyl (C=O) groups is 1. The zero-order chi connectivity index (χ0) is 21.6. The van der Waals surface area contributed by atoms with Crippen LogP contribution >= 0.6 is 11.6 Å². The number of hydrazone groups is 1. The number of nitrogens with zero attached hydrogens (tertiary/aromatic N) is 3. The lowest BCUT2D eigenvalue weighted by Gasteiger charge is -2.34. The van der Waals surface area contributed by atoms with Crippen LogP contribution in [0.1, 0.15) is 37.5 Å². The Bertz CT molecular complexity index is 848. The van der Waals surface area contributed by atoms with E-state index >= 15 is 0 Å². The average molecular weight is 427 g/mol. The minimum atomic E-state index is -0.0799. The molecule has 0 atom stereocenters. The quantitative estimate of drug-likeness (QED) is 0.562. The predicted octanol–water partition coefficient (Wildman–Crippen LogP) is 3.91. The fraction of sp³-hybridized carbons (Fsp3) is 0.417. The molecule has 0 radical (unpaired) electrons. The molecule has 1 N–H and O–H groups in total. The van der Waals surface area contributed by atoms with Crippen LogP contribution in [0.25, 0.3) is 0 Å². The molecule has 0 saturated carbocycles. The molecule has 3 rings (SSSR count). The first kappa shape index (κ1) is 22.5. The summed E-state index contributed by atoms with van der Waals surface area (Å²) >= 11 is 5.95. The Morgan fingerprint density at radius 3 is 2.20 bits per heavy atom. The predicted molar refractivity (Wildman–Crippen MR) is 124 cm³/mol. The molecule has 160 valence electrons. The summed E-state index contributed by atoms with van der Waals surface area (Å²) in [7, 11) is 0. The zero-order valence-electron chi connectivity index (χ0n) is 18.1. The minimum absolute atomic E-state index is 0.0799. The lowest BCUT2D eigenvalue weighted by atomic mass is 9.87. The van der Waals surface area contributed by atoms with Crippen LogP contribution in [-0.4, -0.2) is 54.6 Å². The van der Waals surface area contributed by atoms with Gasteiger partial charge in [0.2, 0.25) is 0 Å². The molecule has 1 aliphatic heterocycles. The van der Waals surface area contributed by atoms with Crippen LogP contribution in [0, 0.1) is 0 Å². The molecule has 1 fully saturated rings. The number of hydrogen-bond acceptors (Lipinski definition) is 4. The Labute approximate surface area is 184 Å². The Morgan fingerprint density at radius 1 is 1.00 bits per heavy atom. The van der Waals surface area contributed by atoms with Crippen LogP contribution in [0.2, 0.25) is 5.02 Å². The fourth-order valence-electron chi connectivity index (χ4n) is 3.44. The number of carbonyl (C=O) groups excluding carboxylic acids is 1. The van der Waals surface area contributed by atoms with Gasteiger partial charge in [-0.3, -0.25) is 14.6 Å². The molecule has 0 spiro atoms. The largest absolute Gasteiger partial charge is 0.297 e. The highest BCUT2D eigenvalue weighted by molar-refractivity contribution is 6.30. The molecule has 1 amide bonds. The smallest absolute Gasteiger partial charge is 0.254 e. The van der Waals surface area contributed by atoms with Gasteiger partial charge in [-0.25, -0.2) is 5.43 Å². The molecule has 0 aromatic heterocycles. The van der Waals surface area contributed by atoms with E-state index in [0.717, 1.165) is 43.3 Å². The van der Waals surface area contributed by atoms with Crippen molar-refractivity contribution in [3.8, 4) is 0 Å². The highest BCUT2D eigenvalue weighted by Gasteiger charge is 2.19. The molecule has 2 aromatic rings. The monoisotopic (exact) mass is 426 g/mol. The van der Waals surface area contributed by atoms with E-state index in [4.69, 9.17) is 11.6 Å². The third-order valence-corrected chi connectivity index (χ3v) is 5.58. The first-order chi connectivity index (χ1) is 14.3. The van der Waals surface area contributed by atoms with Gasteiger partial charge in [0.25, 0.3) is 5.91 Å². The van der Waals surface area contributed by atoms with Crippen molar-refractivity contribution in [1.29, 1.82) is 0 Å². The van der Waals surface area contributed by atoms with Crippen molar-refractivity contribution in [3.05, 3.63) is 70.2 Å². The van der Waals surface area contributed by atoms with E-state index in [2.05, 4.69) is 65.4 Å². The lowest BCUT2D eigenvalue weighted by Crippen LogP contribution is -2.48. The van der Waals surface area contributed by atoms with E-state index in [0.29, 0.717) is 6.54 Å². The Balaban J connectivity index is 1.38. The number of rotatable bonds is 6. The second-order valence-electron chi connectivity index (χ2n) is 8.84. The summed E-state index contributed by atoms with van der Waals surface area (Å²) in [4.78, 5) is 16.8. The molecule has 1 saturated heterocycles. The molecule has 1 aliphatic rings. The molecule has 6 heteroatoms. The molecule has 5 nitrogen and oxygen atoms in total. The van der Waals surface area contributed by atoms with Gasteiger partial charge in [-0.1, -0.05) is 68.8 Å². The molecule has 1 heterocycles. The van der Waals surface area contributed by atoms with Crippen LogP contribution in [0.5, 0.6) is 0 Å². The van der Waals surface area contributed by atoms with Crippen LogP contribution in [0.3, 0.4) is 0 Å². The van der Waals surface area contributed by atoms with Gasteiger partial charge in [0.1, 0.15) is 0 Å². The van der Waals surface area contributed by atoms with E-state index in [1.807, 2.05) is 24.3 Å². The van der Waals surface area contributed by atoms with Gasteiger partial charge >= 0.3 is 0 Å². The van der Waals surface area contributed by atoms with Crippen LogP contribution in [-0.2, 0) is 16.8 Å². The van der Waals surface area contributed by atoms with Crippen molar-refractivity contribution in [3.63, 3.8) is 0 Å². The van der Waals surface area contributed by atoms with Crippen LogP contribution in [0.15, 0.2) is 53.6 Å². The van der Waals surface area contributed by atoms with Gasteiger partial charge in [0.05, 0.1) is 12.8 Å². The number of benzene rings is 2. The molecule has 2 aromatic carbocycles. The Kier molecular flexibility index (Phi) is 7.64. The number of piperazine rings is 1. The lowest BCUT2D eigenvalue weighted by molar-refractivity contribution is -0.122.